The Hall–Kier alpha value is -3.15. The van der Waals surface area contributed by atoms with Crippen molar-refractivity contribution >= 4 is 17.7 Å². The first-order valence-corrected chi connectivity index (χ1v) is 10.6. The van der Waals surface area contributed by atoms with E-state index < -0.39 is 5.97 Å². The molecule has 1 heterocycles. The molecule has 0 atom stereocenters. The van der Waals surface area contributed by atoms with Crippen LogP contribution in [0, 0.1) is 5.92 Å². The number of hydrogen-bond acceptors (Lipinski definition) is 5. The lowest BCUT2D eigenvalue weighted by molar-refractivity contribution is -0.152. The van der Waals surface area contributed by atoms with E-state index in [0.29, 0.717) is 35.9 Å². The zero-order valence-electron chi connectivity index (χ0n) is 18.1. The number of ether oxygens (including phenoxy) is 2. The van der Waals surface area contributed by atoms with E-state index in [2.05, 4.69) is 12.1 Å². The number of amides is 1. The zero-order valence-corrected chi connectivity index (χ0v) is 18.1. The van der Waals surface area contributed by atoms with Crippen LogP contribution in [0.1, 0.15) is 41.3 Å². The fourth-order valence-corrected chi connectivity index (χ4v) is 3.91. The lowest BCUT2D eigenvalue weighted by Crippen LogP contribution is -2.41. The van der Waals surface area contributed by atoms with Gasteiger partial charge in [-0.05, 0) is 55.9 Å². The van der Waals surface area contributed by atoms with Gasteiger partial charge in [0.1, 0.15) is 5.75 Å². The third kappa shape index (κ3) is 6.41. The van der Waals surface area contributed by atoms with Crippen molar-refractivity contribution in [2.24, 2.45) is 5.92 Å². The molecular weight excluding hydrogens is 394 g/mol. The number of nitrogens with zero attached hydrogens (tertiary/aromatic N) is 1. The van der Waals surface area contributed by atoms with Gasteiger partial charge in [-0.25, -0.2) is 0 Å². The van der Waals surface area contributed by atoms with Crippen LogP contribution < -0.4 is 4.74 Å². The summed E-state index contributed by atoms with van der Waals surface area (Å²) < 4.78 is 10.5. The number of piperidine rings is 1. The molecule has 0 radical (unpaired) electrons. The van der Waals surface area contributed by atoms with E-state index in [0.717, 1.165) is 19.3 Å². The number of rotatable bonds is 8. The van der Waals surface area contributed by atoms with Crippen molar-refractivity contribution in [3.8, 4) is 5.75 Å². The van der Waals surface area contributed by atoms with Crippen molar-refractivity contribution in [2.45, 2.75) is 32.6 Å². The molecule has 0 bridgehead atoms. The number of benzene rings is 2. The maximum absolute atomic E-state index is 12.5. The molecule has 2 aromatic rings. The van der Waals surface area contributed by atoms with Crippen LogP contribution in [0.5, 0.6) is 5.75 Å². The summed E-state index contributed by atoms with van der Waals surface area (Å²) in [4.78, 5) is 38.1. The summed E-state index contributed by atoms with van der Waals surface area (Å²) >= 11 is 0. The van der Waals surface area contributed by atoms with E-state index in [1.54, 1.807) is 23.1 Å². The maximum Gasteiger partial charge on any atom is 0.310 e. The number of ketones is 1. The van der Waals surface area contributed by atoms with Gasteiger partial charge in [-0.3, -0.25) is 14.4 Å². The number of hydrogen-bond donors (Lipinski definition) is 0. The van der Waals surface area contributed by atoms with E-state index >= 15 is 0 Å². The van der Waals surface area contributed by atoms with E-state index in [-0.39, 0.29) is 24.7 Å². The molecule has 1 saturated heterocycles. The highest BCUT2D eigenvalue weighted by molar-refractivity contribution is 5.94. The summed E-state index contributed by atoms with van der Waals surface area (Å²) in [6.45, 7) is 2.56. The van der Waals surface area contributed by atoms with Crippen molar-refractivity contribution in [2.75, 3.05) is 26.8 Å². The maximum atomic E-state index is 12.5. The molecule has 31 heavy (non-hydrogen) atoms. The third-order valence-corrected chi connectivity index (χ3v) is 5.71. The third-order valence-electron chi connectivity index (χ3n) is 5.71. The number of likely N-dealkylation sites (tertiary alicyclic amines) is 1. The Bertz CT molecular complexity index is 917. The molecule has 6 nitrogen and oxygen atoms in total. The first-order valence-electron chi connectivity index (χ1n) is 10.6. The average Bonchev–Trinajstić information content (AvgIpc) is 2.78. The molecule has 2 aromatic carbocycles. The van der Waals surface area contributed by atoms with Gasteiger partial charge in [0.15, 0.2) is 12.4 Å². The number of methoxy groups -OCH3 is 1. The van der Waals surface area contributed by atoms with Crippen LogP contribution in [0.15, 0.2) is 48.5 Å². The predicted octanol–water partition coefficient (Wildman–Crippen LogP) is 3.46. The van der Waals surface area contributed by atoms with E-state index in [9.17, 15) is 14.4 Å². The Morgan fingerprint density at radius 2 is 1.74 bits per heavy atom. The second-order valence-electron chi connectivity index (χ2n) is 7.93. The molecule has 0 spiro atoms. The first kappa shape index (κ1) is 22.5. The molecule has 0 unspecified atom stereocenters. The first-order chi connectivity index (χ1) is 15.0. The summed E-state index contributed by atoms with van der Waals surface area (Å²) in [5.74, 6) is 0.286. The van der Waals surface area contributed by atoms with Gasteiger partial charge in [0.25, 0.3) is 5.91 Å². The van der Waals surface area contributed by atoms with Crippen molar-refractivity contribution < 1.29 is 23.9 Å². The number of esters is 1. The zero-order chi connectivity index (χ0) is 22.2. The Labute approximate surface area is 183 Å². The molecule has 0 aliphatic carbocycles. The van der Waals surface area contributed by atoms with Crippen LogP contribution in [0.4, 0.5) is 0 Å². The Morgan fingerprint density at radius 1 is 1.03 bits per heavy atom. The minimum absolute atomic E-state index is 0.0588. The average molecular weight is 424 g/mol. The number of Topliss-reactive ketones (excluding diaryl/α,β-unsaturated/α-hetero) is 1. The van der Waals surface area contributed by atoms with Gasteiger partial charge in [0.2, 0.25) is 0 Å². The SMILES string of the molecule is COc1ccc(C(C)=O)cc1CC(=O)OCC(=O)N1CCC(Cc2ccccc2)CC1. The minimum Gasteiger partial charge on any atom is -0.496 e. The lowest BCUT2D eigenvalue weighted by Gasteiger charge is -2.32. The van der Waals surface area contributed by atoms with Crippen LogP contribution in [0.25, 0.3) is 0 Å². The largest absolute Gasteiger partial charge is 0.496 e. The topological polar surface area (TPSA) is 72.9 Å². The van der Waals surface area contributed by atoms with Gasteiger partial charge in [0.05, 0.1) is 13.5 Å². The molecule has 0 aromatic heterocycles. The molecule has 6 heteroatoms. The molecule has 3 rings (SSSR count). The van der Waals surface area contributed by atoms with Gasteiger partial charge >= 0.3 is 5.97 Å². The van der Waals surface area contributed by atoms with Crippen molar-refractivity contribution in [3.63, 3.8) is 0 Å². The van der Waals surface area contributed by atoms with Gasteiger partial charge in [-0.15, -0.1) is 0 Å². The molecule has 0 N–H and O–H groups in total. The summed E-state index contributed by atoms with van der Waals surface area (Å²) in [5.41, 5.74) is 2.39. The van der Waals surface area contributed by atoms with Gasteiger partial charge in [-0.1, -0.05) is 30.3 Å². The van der Waals surface area contributed by atoms with E-state index in [1.165, 1.54) is 19.6 Å². The summed E-state index contributed by atoms with van der Waals surface area (Å²) in [5, 5.41) is 0. The highest BCUT2D eigenvalue weighted by Gasteiger charge is 2.24. The molecule has 1 aliphatic rings. The monoisotopic (exact) mass is 423 g/mol. The van der Waals surface area contributed by atoms with Crippen LogP contribution in [0.3, 0.4) is 0 Å². The summed E-state index contributed by atoms with van der Waals surface area (Å²) in [7, 11) is 1.50. The summed E-state index contributed by atoms with van der Waals surface area (Å²) in [6.07, 6.45) is 2.86. The second kappa shape index (κ2) is 10.8. The van der Waals surface area contributed by atoms with E-state index in [1.807, 2.05) is 18.2 Å². The number of carbonyl (C=O) groups excluding carboxylic acids is 3. The van der Waals surface area contributed by atoms with Gasteiger partial charge < -0.3 is 14.4 Å². The highest BCUT2D eigenvalue weighted by Crippen LogP contribution is 2.23. The molecule has 0 saturated carbocycles. The van der Waals surface area contributed by atoms with Gasteiger partial charge in [0, 0.05) is 24.2 Å². The highest BCUT2D eigenvalue weighted by atomic mass is 16.5. The quantitative estimate of drug-likeness (QED) is 0.480. The van der Waals surface area contributed by atoms with E-state index in [4.69, 9.17) is 9.47 Å². The van der Waals surface area contributed by atoms with Gasteiger partial charge in [-0.2, -0.15) is 0 Å². The van der Waals surface area contributed by atoms with Crippen LogP contribution >= 0.6 is 0 Å². The Morgan fingerprint density at radius 3 is 2.39 bits per heavy atom. The molecule has 1 aliphatic heterocycles. The second-order valence-corrected chi connectivity index (χ2v) is 7.93. The number of carbonyl (C=O) groups is 3. The predicted molar refractivity (Wildman–Crippen MR) is 117 cm³/mol. The molecular formula is C25H29NO5. The smallest absolute Gasteiger partial charge is 0.310 e. The molecule has 164 valence electrons. The van der Waals surface area contributed by atoms with Crippen molar-refractivity contribution in [1.29, 1.82) is 0 Å². The van der Waals surface area contributed by atoms with Crippen LogP contribution in [-0.4, -0.2) is 49.4 Å². The Balaban J connectivity index is 1.45. The van der Waals surface area contributed by atoms with Crippen molar-refractivity contribution in [3.05, 3.63) is 65.2 Å². The van der Waals surface area contributed by atoms with Crippen LogP contribution in [-0.2, 0) is 27.2 Å². The normalized spacial score (nSPS) is 14.2. The standard InChI is InChI=1S/C25H29NO5/c1-18(27)21-8-9-23(30-2)22(15-21)16-25(29)31-17-24(28)26-12-10-20(11-13-26)14-19-6-4-3-5-7-19/h3-9,15,20H,10-14,16-17H2,1-2H3. The molecule has 1 fully saturated rings. The Kier molecular flexibility index (Phi) is 7.82. The fourth-order valence-electron chi connectivity index (χ4n) is 3.91. The van der Waals surface area contributed by atoms with Crippen molar-refractivity contribution in [1.82, 2.24) is 4.90 Å². The minimum atomic E-state index is -0.522. The lowest BCUT2D eigenvalue weighted by atomic mass is 9.90. The molecule has 1 amide bonds. The fraction of sp³-hybridized carbons (Fsp3) is 0.400. The summed E-state index contributed by atoms with van der Waals surface area (Å²) in [6, 6.07) is 15.3. The van der Waals surface area contributed by atoms with Crippen LogP contribution in [0.2, 0.25) is 0 Å².